The van der Waals surface area contributed by atoms with E-state index in [1.165, 1.54) is 24.3 Å². The lowest BCUT2D eigenvalue weighted by molar-refractivity contribution is -0.384. The third-order valence-corrected chi connectivity index (χ3v) is 5.76. The summed E-state index contributed by atoms with van der Waals surface area (Å²) in [4.78, 5) is 38.9. The van der Waals surface area contributed by atoms with Crippen molar-refractivity contribution in [1.82, 2.24) is 0 Å². The third kappa shape index (κ3) is 3.59. The summed E-state index contributed by atoms with van der Waals surface area (Å²) in [6, 6.07) is 26.2. The number of carbonyl (C=O) groups is 2. The van der Waals surface area contributed by atoms with Crippen LogP contribution in [0.5, 0.6) is 0 Å². The third-order valence-electron chi connectivity index (χ3n) is 5.76. The maximum Gasteiger partial charge on any atom is 0.282 e. The Morgan fingerprint density at radius 1 is 0.824 bits per heavy atom. The molecule has 0 saturated heterocycles. The van der Waals surface area contributed by atoms with Gasteiger partial charge in [0.2, 0.25) is 0 Å². The van der Waals surface area contributed by atoms with Crippen LogP contribution in [0.4, 0.5) is 17.1 Å². The number of non-ortho nitro benzene ring substituents is 1. The molecule has 0 aliphatic carbocycles. The van der Waals surface area contributed by atoms with Crippen molar-refractivity contribution in [2.24, 2.45) is 0 Å². The minimum atomic E-state index is -0.506. The largest absolute Gasteiger partial charge is 0.350 e. The molecule has 0 spiro atoms. The Morgan fingerprint density at radius 3 is 2.26 bits per heavy atom. The fourth-order valence-electron chi connectivity index (χ4n) is 4.13. The summed E-state index contributed by atoms with van der Waals surface area (Å²) in [5.74, 6) is -0.982. The molecule has 0 bridgehead atoms. The molecule has 4 aromatic rings. The lowest BCUT2D eigenvalue weighted by atomic mass is 10.0. The van der Waals surface area contributed by atoms with E-state index in [9.17, 15) is 19.7 Å². The van der Waals surface area contributed by atoms with Crippen molar-refractivity contribution in [2.75, 3.05) is 10.2 Å². The van der Waals surface area contributed by atoms with E-state index in [-0.39, 0.29) is 17.0 Å². The average molecular weight is 449 g/mol. The van der Waals surface area contributed by atoms with Gasteiger partial charge in [0.25, 0.3) is 17.5 Å². The number of aryl methyl sites for hydroxylation is 1. The highest BCUT2D eigenvalue weighted by Gasteiger charge is 2.40. The van der Waals surface area contributed by atoms with Gasteiger partial charge in [0, 0.05) is 23.2 Å². The molecule has 7 nitrogen and oxygen atoms in total. The van der Waals surface area contributed by atoms with E-state index >= 15 is 0 Å². The Labute approximate surface area is 195 Å². The van der Waals surface area contributed by atoms with E-state index in [0.29, 0.717) is 16.9 Å². The monoisotopic (exact) mass is 449 g/mol. The molecule has 166 valence electrons. The zero-order chi connectivity index (χ0) is 23.8. The average Bonchev–Trinajstić information content (AvgIpc) is 3.08. The highest BCUT2D eigenvalue weighted by molar-refractivity contribution is 6.46. The van der Waals surface area contributed by atoms with Crippen LogP contribution in [0.25, 0.3) is 16.3 Å². The maximum absolute atomic E-state index is 13.6. The number of benzene rings is 4. The van der Waals surface area contributed by atoms with Gasteiger partial charge >= 0.3 is 0 Å². The van der Waals surface area contributed by atoms with Gasteiger partial charge in [0.05, 0.1) is 16.2 Å². The number of hydrogen-bond donors (Lipinski definition) is 1. The number of nitrogens with zero attached hydrogens (tertiary/aromatic N) is 2. The molecule has 1 aliphatic rings. The molecule has 1 N–H and O–H groups in total. The fraction of sp³-hybridized carbons (Fsp3) is 0.0370. The predicted octanol–water partition coefficient (Wildman–Crippen LogP) is 5.45. The number of fused-ring (bicyclic) bond motifs is 1. The van der Waals surface area contributed by atoms with Crippen LogP contribution < -0.4 is 10.2 Å². The van der Waals surface area contributed by atoms with Crippen molar-refractivity contribution in [1.29, 1.82) is 0 Å². The summed E-state index contributed by atoms with van der Waals surface area (Å²) in [6.45, 7) is 1.88. The predicted molar refractivity (Wildman–Crippen MR) is 131 cm³/mol. The summed E-state index contributed by atoms with van der Waals surface area (Å²) in [7, 11) is 0. The molecule has 5 rings (SSSR count). The standard InChI is InChI=1S/C27H19N3O4/c1-17-6-4-9-21(16-17)29-26(31)24(19-12-14-20(15-13-19)30(33)34)25(27(29)32)28-23-11-5-8-18-7-2-3-10-22(18)23/h2-16,28H,1H3. The number of carbonyl (C=O) groups excluding carboxylic acids is 2. The quantitative estimate of drug-likeness (QED) is 0.248. The Morgan fingerprint density at radius 2 is 1.53 bits per heavy atom. The second-order valence-electron chi connectivity index (χ2n) is 7.99. The molecule has 4 aromatic carbocycles. The molecular formula is C27H19N3O4. The number of hydrogen-bond acceptors (Lipinski definition) is 5. The van der Waals surface area contributed by atoms with Gasteiger partial charge in [0.1, 0.15) is 5.70 Å². The van der Waals surface area contributed by atoms with Gasteiger partial charge in [-0.25, -0.2) is 4.90 Å². The molecule has 1 heterocycles. The lowest BCUT2D eigenvalue weighted by Crippen LogP contribution is -2.32. The Bertz CT molecular complexity index is 1500. The van der Waals surface area contributed by atoms with Crippen molar-refractivity contribution < 1.29 is 14.5 Å². The van der Waals surface area contributed by atoms with E-state index in [1.807, 2.05) is 55.5 Å². The summed E-state index contributed by atoms with van der Waals surface area (Å²) in [6.07, 6.45) is 0. The Kier molecular flexibility index (Phi) is 5.14. The van der Waals surface area contributed by atoms with E-state index in [1.54, 1.807) is 18.2 Å². The molecule has 0 radical (unpaired) electrons. The first-order valence-corrected chi connectivity index (χ1v) is 10.6. The first-order chi connectivity index (χ1) is 16.4. The van der Waals surface area contributed by atoms with Gasteiger partial charge in [0.15, 0.2) is 0 Å². The van der Waals surface area contributed by atoms with Crippen molar-refractivity contribution in [3.63, 3.8) is 0 Å². The molecule has 0 unspecified atom stereocenters. The summed E-state index contributed by atoms with van der Waals surface area (Å²) in [5, 5.41) is 16.2. The minimum Gasteiger partial charge on any atom is -0.350 e. The summed E-state index contributed by atoms with van der Waals surface area (Å²) < 4.78 is 0. The van der Waals surface area contributed by atoms with E-state index in [2.05, 4.69) is 5.32 Å². The van der Waals surface area contributed by atoms with Gasteiger partial charge in [-0.3, -0.25) is 19.7 Å². The number of imide groups is 1. The molecule has 2 amide bonds. The highest BCUT2D eigenvalue weighted by atomic mass is 16.6. The number of nitro benzene ring substituents is 1. The van der Waals surface area contributed by atoms with Gasteiger partial charge in [-0.2, -0.15) is 0 Å². The molecule has 0 fully saturated rings. The van der Waals surface area contributed by atoms with Crippen molar-refractivity contribution in [3.8, 4) is 0 Å². The second-order valence-corrected chi connectivity index (χ2v) is 7.99. The minimum absolute atomic E-state index is 0.0970. The topological polar surface area (TPSA) is 92.6 Å². The van der Waals surface area contributed by atoms with Crippen molar-refractivity contribution in [3.05, 3.63) is 118 Å². The Balaban J connectivity index is 1.66. The molecule has 34 heavy (non-hydrogen) atoms. The van der Waals surface area contributed by atoms with Gasteiger partial charge in [-0.05, 0) is 53.8 Å². The van der Waals surface area contributed by atoms with Crippen LogP contribution in [0.15, 0.2) is 96.7 Å². The van der Waals surface area contributed by atoms with E-state index in [0.717, 1.165) is 21.2 Å². The normalized spacial score (nSPS) is 13.6. The fourth-order valence-corrected chi connectivity index (χ4v) is 4.13. The molecule has 7 heteroatoms. The molecule has 0 saturated carbocycles. The van der Waals surface area contributed by atoms with Crippen LogP contribution >= 0.6 is 0 Å². The van der Waals surface area contributed by atoms with Gasteiger partial charge in [-0.1, -0.05) is 48.5 Å². The number of amides is 2. The zero-order valence-electron chi connectivity index (χ0n) is 18.2. The second kappa shape index (κ2) is 8.29. The SMILES string of the molecule is Cc1cccc(N2C(=O)C(Nc3cccc4ccccc34)=C(c3ccc([N+](=O)[O-])cc3)C2=O)c1. The highest BCUT2D eigenvalue weighted by Crippen LogP contribution is 2.35. The van der Waals surface area contributed by atoms with Crippen molar-refractivity contribution in [2.45, 2.75) is 6.92 Å². The van der Waals surface area contributed by atoms with E-state index < -0.39 is 16.7 Å². The molecular weight excluding hydrogens is 430 g/mol. The molecule has 0 aromatic heterocycles. The van der Waals surface area contributed by atoms with Crippen LogP contribution in [-0.4, -0.2) is 16.7 Å². The molecule has 1 aliphatic heterocycles. The summed E-state index contributed by atoms with van der Waals surface area (Å²) in [5.41, 5.74) is 2.66. The number of rotatable bonds is 5. The van der Waals surface area contributed by atoms with Crippen LogP contribution in [-0.2, 0) is 9.59 Å². The summed E-state index contributed by atoms with van der Waals surface area (Å²) >= 11 is 0. The van der Waals surface area contributed by atoms with Gasteiger partial charge < -0.3 is 5.32 Å². The van der Waals surface area contributed by atoms with Crippen LogP contribution in [0.1, 0.15) is 11.1 Å². The lowest BCUT2D eigenvalue weighted by Gasteiger charge is -2.16. The van der Waals surface area contributed by atoms with Crippen LogP contribution in [0.2, 0.25) is 0 Å². The van der Waals surface area contributed by atoms with E-state index in [4.69, 9.17) is 0 Å². The number of nitro groups is 1. The first-order valence-electron chi connectivity index (χ1n) is 10.6. The maximum atomic E-state index is 13.6. The number of anilines is 2. The molecule has 0 atom stereocenters. The number of nitrogens with one attached hydrogen (secondary N) is 1. The smallest absolute Gasteiger partial charge is 0.282 e. The van der Waals surface area contributed by atoms with Crippen LogP contribution in [0, 0.1) is 17.0 Å². The zero-order valence-corrected chi connectivity index (χ0v) is 18.2. The van der Waals surface area contributed by atoms with Crippen LogP contribution in [0.3, 0.4) is 0 Å². The Hall–Kier alpha value is -4.78. The van der Waals surface area contributed by atoms with Gasteiger partial charge in [-0.15, -0.1) is 0 Å². The first kappa shape index (κ1) is 21.1. The van der Waals surface area contributed by atoms with Crippen molar-refractivity contribution >= 4 is 45.2 Å².